The van der Waals surface area contributed by atoms with Crippen LogP contribution in [0.4, 0.5) is 0 Å². The van der Waals surface area contributed by atoms with E-state index in [9.17, 15) is 0 Å². The molecule has 1 nitrogen and oxygen atoms in total. The number of hydrogen-bond donors (Lipinski definition) is 0. The summed E-state index contributed by atoms with van der Waals surface area (Å²) in [6.07, 6.45) is 0.911. The molecule has 0 amide bonds. The Balaban J connectivity index is 1.94. The van der Waals surface area contributed by atoms with E-state index < -0.39 is 0 Å². The molecule has 4 aromatic carbocycles. The summed E-state index contributed by atoms with van der Waals surface area (Å²) in [5, 5.41) is 2.54. The van der Waals surface area contributed by atoms with Crippen LogP contribution < -0.4 is 10.9 Å². The van der Waals surface area contributed by atoms with Gasteiger partial charge in [0.1, 0.15) is 0 Å². The number of hydrogen-bond acceptors (Lipinski definition) is 1. The zero-order chi connectivity index (χ0) is 21.6. The van der Waals surface area contributed by atoms with E-state index in [1.54, 1.807) is 7.11 Å². The Kier molecular flexibility index (Phi) is 6.69. The summed E-state index contributed by atoms with van der Waals surface area (Å²) in [7, 11) is 1.78. The highest BCUT2D eigenvalue weighted by atomic mass is 16.5. The molecule has 0 aromatic heterocycles. The predicted molar refractivity (Wildman–Crippen MR) is 136 cm³/mol. The van der Waals surface area contributed by atoms with Crippen LogP contribution in [0, 0.1) is 6.92 Å². The highest BCUT2D eigenvalue weighted by Crippen LogP contribution is 2.27. The zero-order valence-corrected chi connectivity index (χ0v) is 18.6. The molecule has 4 aromatic rings. The van der Waals surface area contributed by atoms with Crippen molar-refractivity contribution in [2.24, 2.45) is 0 Å². The van der Waals surface area contributed by atoms with E-state index in [4.69, 9.17) is 4.74 Å². The standard InChI is InChI=1S/C29H29BO/c1-22-13-17-28(18-14-22)30(27-11-5-4-6-12-27)29(23(2)19-20-31-3)26-16-15-24-9-7-8-10-25(24)21-26/h4-18,21H,19-20H2,1-3H3/b29-23-. The summed E-state index contributed by atoms with van der Waals surface area (Å²) < 4.78 is 5.44. The summed E-state index contributed by atoms with van der Waals surface area (Å²) in [6, 6.07) is 35.3. The van der Waals surface area contributed by atoms with Gasteiger partial charge in [-0.1, -0.05) is 119 Å². The van der Waals surface area contributed by atoms with Gasteiger partial charge in [-0.2, -0.15) is 0 Å². The molecule has 0 atom stereocenters. The molecule has 2 heteroatoms. The van der Waals surface area contributed by atoms with E-state index in [1.807, 2.05) is 0 Å². The van der Waals surface area contributed by atoms with Crippen LogP contribution in [0.5, 0.6) is 0 Å². The van der Waals surface area contributed by atoms with Crippen LogP contribution in [0.2, 0.25) is 0 Å². The van der Waals surface area contributed by atoms with E-state index in [0.29, 0.717) is 0 Å². The Morgan fingerprint density at radius 2 is 1.39 bits per heavy atom. The molecule has 0 fully saturated rings. The molecule has 4 rings (SSSR count). The fourth-order valence-electron chi connectivity index (χ4n) is 4.34. The molecule has 0 saturated heterocycles. The van der Waals surface area contributed by atoms with E-state index in [1.165, 1.54) is 43.9 Å². The highest BCUT2D eigenvalue weighted by Gasteiger charge is 2.26. The number of benzene rings is 4. The van der Waals surface area contributed by atoms with Crippen molar-refractivity contribution in [3.63, 3.8) is 0 Å². The van der Waals surface area contributed by atoms with Crippen LogP contribution in [-0.4, -0.2) is 20.4 Å². The Morgan fingerprint density at radius 3 is 2.10 bits per heavy atom. The lowest BCUT2D eigenvalue weighted by molar-refractivity contribution is 0.202. The van der Waals surface area contributed by atoms with Crippen molar-refractivity contribution < 1.29 is 4.74 Å². The molecule has 0 heterocycles. The monoisotopic (exact) mass is 404 g/mol. The second-order valence-corrected chi connectivity index (χ2v) is 8.25. The van der Waals surface area contributed by atoms with Crippen molar-refractivity contribution in [1.29, 1.82) is 0 Å². The molecule has 0 aliphatic rings. The highest BCUT2D eigenvalue weighted by molar-refractivity contribution is 6.99. The average molecular weight is 404 g/mol. The minimum atomic E-state index is 0.166. The minimum absolute atomic E-state index is 0.166. The van der Waals surface area contributed by atoms with Crippen LogP contribution in [0.1, 0.15) is 24.5 Å². The lowest BCUT2D eigenvalue weighted by Gasteiger charge is -2.23. The second kappa shape index (κ2) is 9.81. The van der Waals surface area contributed by atoms with Crippen molar-refractivity contribution >= 4 is 33.9 Å². The zero-order valence-electron chi connectivity index (χ0n) is 18.6. The third-order valence-corrected chi connectivity index (χ3v) is 6.03. The van der Waals surface area contributed by atoms with Crippen LogP contribution >= 0.6 is 0 Å². The van der Waals surface area contributed by atoms with Crippen molar-refractivity contribution in [1.82, 2.24) is 0 Å². The van der Waals surface area contributed by atoms with Gasteiger partial charge >= 0.3 is 0 Å². The van der Waals surface area contributed by atoms with E-state index in [2.05, 4.69) is 111 Å². The van der Waals surface area contributed by atoms with Gasteiger partial charge in [-0.05, 0) is 42.7 Å². The lowest BCUT2D eigenvalue weighted by Crippen LogP contribution is -2.44. The van der Waals surface area contributed by atoms with Crippen LogP contribution in [-0.2, 0) is 4.74 Å². The minimum Gasteiger partial charge on any atom is -0.384 e. The molecule has 0 saturated carbocycles. The SMILES string of the molecule is COCC/C(C)=C(\B(c1ccccc1)c1ccc(C)cc1)c1ccc2ccccc2c1. The molecule has 0 aliphatic heterocycles. The van der Waals surface area contributed by atoms with Crippen LogP contribution in [0.3, 0.4) is 0 Å². The largest absolute Gasteiger partial charge is 0.384 e. The van der Waals surface area contributed by atoms with Crippen LogP contribution in [0.25, 0.3) is 16.2 Å². The molecule has 0 bridgehead atoms. The molecule has 0 radical (unpaired) electrons. The van der Waals surface area contributed by atoms with Crippen molar-refractivity contribution in [3.8, 4) is 0 Å². The summed E-state index contributed by atoms with van der Waals surface area (Å²) in [4.78, 5) is 0. The van der Waals surface area contributed by atoms with E-state index in [-0.39, 0.29) is 6.71 Å². The van der Waals surface area contributed by atoms with Gasteiger partial charge in [0.2, 0.25) is 6.71 Å². The maximum Gasteiger partial charge on any atom is 0.241 e. The first-order valence-electron chi connectivity index (χ1n) is 11.0. The number of fused-ring (bicyclic) bond motifs is 1. The fraction of sp³-hybridized carbons (Fsp3) is 0.172. The molecular weight excluding hydrogens is 375 g/mol. The van der Waals surface area contributed by atoms with Gasteiger partial charge in [0.25, 0.3) is 0 Å². The van der Waals surface area contributed by atoms with Gasteiger partial charge in [-0.25, -0.2) is 0 Å². The lowest BCUT2D eigenvalue weighted by atomic mass is 9.34. The maximum atomic E-state index is 5.44. The number of aryl methyl sites for hydroxylation is 1. The third kappa shape index (κ3) is 4.81. The van der Waals surface area contributed by atoms with E-state index >= 15 is 0 Å². The van der Waals surface area contributed by atoms with Crippen molar-refractivity contribution in [2.45, 2.75) is 20.3 Å². The number of methoxy groups -OCH3 is 1. The van der Waals surface area contributed by atoms with Gasteiger partial charge in [0.15, 0.2) is 0 Å². The predicted octanol–water partition coefficient (Wildman–Crippen LogP) is 5.81. The fourth-order valence-corrected chi connectivity index (χ4v) is 4.34. The van der Waals surface area contributed by atoms with Gasteiger partial charge in [0.05, 0.1) is 0 Å². The number of ether oxygens (including phenoxy) is 1. The quantitative estimate of drug-likeness (QED) is 0.354. The van der Waals surface area contributed by atoms with Crippen molar-refractivity contribution in [2.75, 3.05) is 13.7 Å². The molecule has 154 valence electrons. The van der Waals surface area contributed by atoms with Gasteiger partial charge in [0, 0.05) is 13.7 Å². The Hall–Kier alpha value is -3.10. The molecule has 0 spiro atoms. The molecule has 0 N–H and O–H groups in total. The normalized spacial score (nSPS) is 12.0. The smallest absolute Gasteiger partial charge is 0.241 e. The van der Waals surface area contributed by atoms with Crippen molar-refractivity contribution in [3.05, 3.63) is 114 Å². The van der Waals surface area contributed by atoms with E-state index in [0.717, 1.165) is 13.0 Å². The molecule has 0 unspecified atom stereocenters. The van der Waals surface area contributed by atoms with Gasteiger partial charge < -0.3 is 4.74 Å². The molecule has 31 heavy (non-hydrogen) atoms. The summed E-state index contributed by atoms with van der Waals surface area (Å²) in [5.74, 6) is 0. The Labute approximate surface area is 186 Å². The second-order valence-electron chi connectivity index (χ2n) is 8.25. The topological polar surface area (TPSA) is 9.23 Å². The Morgan fingerprint density at radius 1 is 0.742 bits per heavy atom. The summed E-state index contributed by atoms with van der Waals surface area (Å²) in [6.45, 7) is 5.29. The number of rotatable bonds is 7. The molecule has 0 aliphatic carbocycles. The van der Waals surface area contributed by atoms with Gasteiger partial charge in [-0.15, -0.1) is 0 Å². The Bertz CT molecular complexity index is 1180. The van der Waals surface area contributed by atoms with Gasteiger partial charge in [-0.3, -0.25) is 0 Å². The summed E-state index contributed by atoms with van der Waals surface area (Å²) in [5.41, 5.74) is 7.93. The first-order chi connectivity index (χ1) is 15.2. The average Bonchev–Trinajstić information content (AvgIpc) is 2.82. The summed E-state index contributed by atoms with van der Waals surface area (Å²) >= 11 is 0. The molecular formula is C29H29BO. The maximum absolute atomic E-state index is 5.44. The first-order valence-corrected chi connectivity index (χ1v) is 11.0. The first kappa shape index (κ1) is 21.1. The van der Waals surface area contributed by atoms with Crippen LogP contribution in [0.15, 0.2) is 103 Å². The third-order valence-electron chi connectivity index (χ3n) is 6.03.